The van der Waals surface area contributed by atoms with Gasteiger partial charge in [-0.1, -0.05) is 46.3 Å². The number of aromatic amines is 1. The van der Waals surface area contributed by atoms with Crippen molar-refractivity contribution in [1.29, 1.82) is 0 Å². The van der Waals surface area contributed by atoms with E-state index in [1.54, 1.807) is 0 Å². The summed E-state index contributed by atoms with van der Waals surface area (Å²) in [5.74, 6) is 0. The molecule has 0 spiro atoms. The number of benzene rings is 3. The normalized spacial score (nSPS) is 14.4. The molecule has 2 N–H and O–H groups in total. The second-order valence-electron chi connectivity index (χ2n) is 12.0. The van der Waals surface area contributed by atoms with E-state index in [1.807, 2.05) is 0 Å². The SMILES string of the molecule is Brc1ccc2[nH]cc(/C=C/c3cc4ccccc4[n+]4c3-c3c(ccc5c3-c3cccc[n+]3CCC5)CCC4)c2c1.O=S(=O)(O)C(F)(F)F. The third-order valence-electron chi connectivity index (χ3n) is 8.98. The number of rotatable bonds is 2. The number of fused-ring (bicyclic) bond motifs is 10. The molecule has 0 atom stereocenters. The first-order valence-electron chi connectivity index (χ1n) is 15.6. The van der Waals surface area contributed by atoms with Gasteiger partial charge in [-0.15, -0.1) is 0 Å². The summed E-state index contributed by atoms with van der Waals surface area (Å²) in [6.45, 7) is 2.07. The van der Waals surface area contributed by atoms with Crippen molar-refractivity contribution in [3.63, 3.8) is 0 Å². The first-order chi connectivity index (χ1) is 23.0. The van der Waals surface area contributed by atoms with Gasteiger partial charge in [-0.05, 0) is 72.0 Å². The van der Waals surface area contributed by atoms with E-state index in [0.29, 0.717) is 0 Å². The molecule has 8 rings (SSSR count). The minimum atomic E-state index is -5.84. The van der Waals surface area contributed by atoms with Crippen molar-refractivity contribution in [2.75, 3.05) is 0 Å². The second kappa shape index (κ2) is 12.6. The highest BCUT2D eigenvalue weighted by Gasteiger charge is 2.44. The minimum Gasteiger partial charge on any atom is -0.361 e. The molecule has 0 saturated heterocycles. The molecular formula is C37H31BrF3N3O3S+2. The van der Waals surface area contributed by atoms with Crippen LogP contribution in [0.25, 0.3) is 56.5 Å². The first kappa shape index (κ1) is 32.2. The lowest BCUT2D eigenvalue weighted by molar-refractivity contribution is -0.686. The van der Waals surface area contributed by atoms with E-state index < -0.39 is 15.6 Å². The van der Waals surface area contributed by atoms with Gasteiger partial charge >= 0.3 is 15.6 Å². The summed E-state index contributed by atoms with van der Waals surface area (Å²) < 4.78 is 63.7. The number of alkyl halides is 3. The Morgan fingerprint density at radius 1 is 0.833 bits per heavy atom. The second-order valence-corrected chi connectivity index (χ2v) is 14.3. The van der Waals surface area contributed by atoms with Crippen molar-refractivity contribution in [2.24, 2.45) is 0 Å². The molecular weight excluding hydrogens is 703 g/mol. The van der Waals surface area contributed by atoms with Crippen molar-refractivity contribution >= 4 is 60.0 Å². The molecule has 5 heterocycles. The Bertz CT molecular complexity index is 2350. The fourth-order valence-electron chi connectivity index (χ4n) is 6.87. The number of halogens is 4. The summed E-state index contributed by atoms with van der Waals surface area (Å²) in [7, 11) is -5.84. The van der Waals surface area contributed by atoms with E-state index in [4.69, 9.17) is 13.0 Å². The van der Waals surface area contributed by atoms with Gasteiger partial charge in [0, 0.05) is 63.6 Å². The smallest absolute Gasteiger partial charge is 0.361 e. The Balaban J connectivity index is 0.000000408. The number of aromatic nitrogens is 3. The van der Waals surface area contributed by atoms with E-state index in [1.165, 1.54) is 61.1 Å². The molecule has 3 aromatic heterocycles. The van der Waals surface area contributed by atoms with Crippen molar-refractivity contribution in [2.45, 2.75) is 44.3 Å². The van der Waals surface area contributed by atoms with E-state index in [-0.39, 0.29) is 0 Å². The molecule has 3 aromatic carbocycles. The van der Waals surface area contributed by atoms with Gasteiger partial charge in [0.15, 0.2) is 6.20 Å². The quantitative estimate of drug-likeness (QED) is 0.107. The van der Waals surface area contributed by atoms with Gasteiger partial charge in [-0.2, -0.15) is 30.7 Å². The molecule has 0 fully saturated rings. The average Bonchev–Trinajstić information content (AvgIpc) is 3.21. The molecule has 6 nitrogen and oxygen atoms in total. The number of hydrogen-bond acceptors (Lipinski definition) is 2. The minimum absolute atomic E-state index is 1.01. The standard InChI is InChI=1S/C36H29BrN3.CHF3O3S/c37-29-16-17-31-30(22-29)28(23-38-31)15-14-27-21-26-7-1-2-10-32(26)40-20-6-9-25-13-12-24-8-5-19-39-18-4-3-11-33(39)34(24)35(25)36(27)40;2-1(3,4)8(5,6)7/h1-4,7,10-18,21-23H,5-6,8-9,19-20H2;(H,5,6,7)/q+1;/p+1. The lowest BCUT2D eigenvalue weighted by Gasteiger charge is -2.15. The zero-order valence-electron chi connectivity index (χ0n) is 25.6. The Labute approximate surface area is 284 Å². The van der Waals surface area contributed by atoms with Gasteiger partial charge in [-0.25, -0.2) is 0 Å². The maximum absolute atomic E-state index is 10.7. The van der Waals surface area contributed by atoms with Gasteiger partial charge in [0.25, 0.3) is 0 Å². The number of pyridine rings is 2. The molecule has 0 aliphatic carbocycles. The molecule has 2 aliphatic heterocycles. The Morgan fingerprint density at radius 3 is 2.29 bits per heavy atom. The first-order valence-corrected chi connectivity index (χ1v) is 17.8. The van der Waals surface area contributed by atoms with Gasteiger partial charge in [0.1, 0.15) is 13.1 Å². The summed E-state index contributed by atoms with van der Waals surface area (Å²) in [4.78, 5) is 3.45. The van der Waals surface area contributed by atoms with Crippen LogP contribution >= 0.6 is 15.9 Å². The number of hydrogen-bond donors (Lipinski definition) is 2. The molecule has 244 valence electrons. The Kier molecular flexibility index (Phi) is 8.47. The monoisotopic (exact) mass is 733 g/mol. The molecule has 0 bridgehead atoms. The number of para-hydroxylation sites is 1. The lowest BCUT2D eigenvalue weighted by atomic mass is 9.87. The van der Waals surface area contributed by atoms with Crippen molar-refractivity contribution in [3.8, 4) is 22.5 Å². The number of aryl methyl sites for hydroxylation is 4. The topological polar surface area (TPSA) is 77.9 Å². The van der Waals surface area contributed by atoms with Crippen LogP contribution in [-0.4, -0.2) is 23.5 Å². The maximum Gasteiger partial charge on any atom is 0.522 e. The zero-order chi connectivity index (χ0) is 33.6. The van der Waals surface area contributed by atoms with E-state index in [2.05, 4.69) is 133 Å². The molecule has 6 aromatic rings. The van der Waals surface area contributed by atoms with E-state index in [9.17, 15) is 13.2 Å². The van der Waals surface area contributed by atoms with Gasteiger partial charge in [0.2, 0.25) is 16.9 Å². The molecule has 0 unspecified atom stereocenters. The van der Waals surface area contributed by atoms with Crippen LogP contribution in [0.1, 0.15) is 35.1 Å². The Hall–Kier alpha value is -4.32. The molecule has 2 aliphatic rings. The third-order valence-corrected chi connectivity index (χ3v) is 10.1. The predicted molar refractivity (Wildman–Crippen MR) is 184 cm³/mol. The van der Waals surface area contributed by atoms with Gasteiger partial charge in [0.05, 0.1) is 11.1 Å². The zero-order valence-corrected chi connectivity index (χ0v) is 28.0. The largest absolute Gasteiger partial charge is 0.522 e. The molecule has 11 heteroatoms. The van der Waals surface area contributed by atoms with Crippen LogP contribution in [0, 0.1) is 0 Å². The van der Waals surface area contributed by atoms with Crippen LogP contribution < -0.4 is 9.13 Å². The van der Waals surface area contributed by atoms with Gasteiger partial charge < -0.3 is 4.98 Å². The van der Waals surface area contributed by atoms with E-state index >= 15 is 0 Å². The van der Waals surface area contributed by atoms with Crippen molar-refractivity contribution in [3.05, 3.63) is 118 Å². The van der Waals surface area contributed by atoms with Gasteiger partial charge in [-0.3, -0.25) is 4.55 Å². The highest BCUT2D eigenvalue weighted by Crippen LogP contribution is 2.41. The summed E-state index contributed by atoms with van der Waals surface area (Å²) in [5.41, 5.74) is 7.85. The highest BCUT2D eigenvalue weighted by molar-refractivity contribution is 9.10. The van der Waals surface area contributed by atoms with Crippen molar-refractivity contribution < 1.29 is 35.3 Å². The average molecular weight is 735 g/mol. The number of nitrogens with zero attached hydrogens (tertiary/aromatic N) is 2. The molecule has 0 radical (unpaired) electrons. The summed E-state index contributed by atoms with van der Waals surface area (Å²) >= 11 is 3.66. The van der Waals surface area contributed by atoms with E-state index in [0.717, 1.165) is 48.8 Å². The fraction of sp³-hybridized carbons (Fsp3) is 0.189. The summed E-state index contributed by atoms with van der Waals surface area (Å²) in [6.07, 6.45) is 13.5. The summed E-state index contributed by atoms with van der Waals surface area (Å²) in [6, 6.07) is 29.2. The highest BCUT2D eigenvalue weighted by atomic mass is 79.9. The lowest BCUT2D eigenvalue weighted by Crippen LogP contribution is -2.38. The van der Waals surface area contributed by atoms with Crippen LogP contribution in [0.15, 0.2) is 95.7 Å². The number of H-pyrrole nitrogens is 1. The van der Waals surface area contributed by atoms with Crippen LogP contribution in [0.3, 0.4) is 0 Å². The Morgan fingerprint density at radius 2 is 1.52 bits per heavy atom. The summed E-state index contributed by atoms with van der Waals surface area (Å²) in [5, 5.41) is 2.51. The van der Waals surface area contributed by atoms with Crippen LogP contribution in [0.2, 0.25) is 0 Å². The van der Waals surface area contributed by atoms with Crippen LogP contribution in [-0.2, 0) is 36.0 Å². The predicted octanol–water partition coefficient (Wildman–Crippen LogP) is 8.45. The fourth-order valence-corrected chi connectivity index (χ4v) is 7.23. The third kappa shape index (κ3) is 6.06. The van der Waals surface area contributed by atoms with Crippen molar-refractivity contribution in [1.82, 2.24) is 4.98 Å². The maximum atomic E-state index is 10.7. The molecule has 48 heavy (non-hydrogen) atoms. The van der Waals surface area contributed by atoms with Crippen LogP contribution in [0.4, 0.5) is 13.2 Å². The molecule has 0 saturated carbocycles. The van der Waals surface area contributed by atoms with Crippen LogP contribution in [0.5, 0.6) is 0 Å². The molecule has 0 amide bonds. The number of nitrogens with one attached hydrogen (secondary N) is 1.